The Bertz CT molecular complexity index is 3620. The van der Waals surface area contributed by atoms with Crippen molar-refractivity contribution in [2.24, 2.45) is 0 Å². The van der Waals surface area contributed by atoms with Crippen LogP contribution in [-0.4, -0.2) is 0 Å². The van der Waals surface area contributed by atoms with Crippen LogP contribution in [0.3, 0.4) is 0 Å². The molecule has 4 nitrogen and oxygen atoms in total. The lowest BCUT2D eigenvalue weighted by Gasteiger charge is -2.32. The normalized spacial score (nSPS) is 11.1. The Morgan fingerprint density at radius 2 is 0.875 bits per heavy atom. The van der Waals surface area contributed by atoms with Crippen molar-refractivity contribution in [2.75, 3.05) is 9.80 Å². The van der Waals surface area contributed by atoms with Crippen LogP contribution in [0.4, 0.5) is 28.4 Å². The summed E-state index contributed by atoms with van der Waals surface area (Å²) in [5.74, 6) is 0. The molecule has 0 bridgehead atoms. The number of allylic oxidation sites excluding steroid dienone is 2. The third-order valence-corrected chi connectivity index (χ3v) is 13.2. The summed E-state index contributed by atoms with van der Waals surface area (Å²) in [6, 6.07) is 84.4. The molecule has 342 valence electrons. The highest BCUT2D eigenvalue weighted by molar-refractivity contribution is 6.08. The molecule has 0 radical (unpaired) electrons. The molecule has 0 unspecified atom stereocenters. The molecule has 0 aliphatic carbocycles. The quantitative estimate of drug-likeness (QED) is 0.116. The van der Waals surface area contributed by atoms with E-state index < -0.39 is 0 Å². The monoisotopic (exact) mass is 922 g/mol. The SMILES string of the molecule is C=Cc1c(N(c2ccc(C#N)cc2)c2cc(-c3ccccc3)cc(-c3ccccc3)c2)ccc2ccc(/C(=C\C)N(c3ccc(C#N)cc3)c3cc(-c4ccccc4)cc(-c4ccccc4)c3)c(C(=C)C)c12. The summed E-state index contributed by atoms with van der Waals surface area (Å²) < 4.78 is 0. The van der Waals surface area contributed by atoms with Gasteiger partial charge in [0.05, 0.1) is 29.0 Å². The summed E-state index contributed by atoms with van der Waals surface area (Å²) in [6.45, 7) is 13.4. The maximum absolute atomic E-state index is 9.94. The smallest absolute Gasteiger partial charge is 0.0991 e. The van der Waals surface area contributed by atoms with Gasteiger partial charge in [-0.3, -0.25) is 0 Å². The highest BCUT2D eigenvalue weighted by Gasteiger charge is 2.26. The van der Waals surface area contributed by atoms with E-state index in [1.165, 1.54) is 0 Å². The molecule has 0 spiro atoms. The molecule has 0 aliphatic rings. The van der Waals surface area contributed by atoms with Crippen LogP contribution >= 0.6 is 0 Å². The number of hydrogen-bond acceptors (Lipinski definition) is 4. The zero-order valence-corrected chi connectivity index (χ0v) is 40.3. The van der Waals surface area contributed by atoms with E-state index in [9.17, 15) is 10.5 Å². The average Bonchev–Trinajstić information content (AvgIpc) is 3.45. The van der Waals surface area contributed by atoms with Gasteiger partial charge in [0.2, 0.25) is 0 Å². The van der Waals surface area contributed by atoms with Gasteiger partial charge in [0.25, 0.3) is 0 Å². The Balaban J connectivity index is 1.23. The summed E-state index contributed by atoms with van der Waals surface area (Å²) in [4.78, 5) is 4.58. The van der Waals surface area contributed by atoms with Gasteiger partial charge in [-0.05, 0) is 171 Å². The summed E-state index contributed by atoms with van der Waals surface area (Å²) >= 11 is 0. The van der Waals surface area contributed by atoms with Crippen molar-refractivity contribution in [1.82, 2.24) is 0 Å². The fourth-order valence-electron chi connectivity index (χ4n) is 9.79. The second-order valence-electron chi connectivity index (χ2n) is 17.7. The molecular weight excluding hydrogens is 873 g/mol. The molecule has 0 N–H and O–H groups in total. The molecule has 0 aromatic heterocycles. The van der Waals surface area contributed by atoms with Crippen LogP contribution in [-0.2, 0) is 0 Å². The van der Waals surface area contributed by atoms with Crippen molar-refractivity contribution in [1.29, 1.82) is 10.5 Å². The second-order valence-corrected chi connectivity index (χ2v) is 17.7. The predicted molar refractivity (Wildman–Crippen MR) is 303 cm³/mol. The van der Waals surface area contributed by atoms with E-state index in [1.54, 1.807) is 0 Å². The Hall–Kier alpha value is -9.74. The van der Waals surface area contributed by atoms with E-state index in [1.807, 2.05) is 78.9 Å². The van der Waals surface area contributed by atoms with Crippen molar-refractivity contribution < 1.29 is 0 Å². The first-order valence-electron chi connectivity index (χ1n) is 24.0. The molecule has 0 amide bonds. The lowest BCUT2D eigenvalue weighted by atomic mass is 9.88. The van der Waals surface area contributed by atoms with Crippen molar-refractivity contribution >= 4 is 56.6 Å². The highest BCUT2D eigenvalue weighted by Crippen LogP contribution is 2.47. The van der Waals surface area contributed by atoms with Gasteiger partial charge in [0, 0.05) is 39.6 Å². The number of rotatable bonds is 13. The molecular formula is C68H50N4. The van der Waals surface area contributed by atoms with Crippen LogP contribution in [0.25, 0.3) is 72.6 Å². The van der Waals surface area contributed by atoms with Crippen LogP contribution in [0.2, 0.25) is 0 Å². The number of hydrogen-bond donors (Lipinski definition) is 0. The maximum atomic E-state index is 9.94. The first-order valence-corrected chi connectivity index (χ1v) is 24.0. The van der Waals surface area contributed by atoms with Gasteiger partial charge in [-0.25, -0.2) is 0 Å². The topological polar surface area (TPSA) is 54.1 Å². The number of nitrogens with zero attached hydrogens (tertiary/aromatic N) is 4. The largest absolute Gasteiger partial charge is 0.310 e. The van der Waals surface area contributed by atoms with Crippen LogP contribution in [0.1, 0.15) is 41.7 Å². The zero-order chi connectivity index (χ0) is 49.6. The lowest BCUT2D eigenvalue weighted by molar-refractivity contribution is 1.27. The third kappa shape index (κ3) is 9.13. The Kier molecular flexibility index (Phi) is 13.1. The number of nitriles is 2. The van der Waals surface area contributed by atoms with Gasteiger partial charge in [-0.2, -0.15) is 10.5 Å². The molecule has 10 aromatic rings. The minimum atomic E-state index is 0.578. The minimum Gasteiger partial charge on any atom is -0.310 e. The van der Waals surface area contributed by atoms with Crippen molar-refractivity contribution in [3.8, 4) is 56.6 Å². The van der Waals surface area contributed by atoms with E-state index in [2.05, 4.69) is 206 Å². The fourth-order valence-corrected chi connectivity index (χ4v) is 9.79. The van der Waals surface area contributed by atoms with Crippen molar-refractivity contribution in [3.05, 3.63) is 278 Å². The Labute approximate surface area is 422 Å². The highest BCUT2D eigenvalue weighted by atomic mass is 15.2. The molecule has 10 rings (SSSR count). The van der Waals surface area contributed by atoms with Gasteiger partial charge in [0.15, 0.2) is 0 Å². The van der Waals surface area contributed by atoms with E-state index in [4.69, 9.17) is 6.58 Å². The third-order valence-electron chi connectivity index (χ3n) is 13.2. The van der Waals surface area contributed by atoms with Crippen LogP contribution < -0.4 is 9.80 Å². The fraction of sp³-hybridized carbons (Fsp3) is 0.0294. The van der Waals surface area contributed by atoms with Gasteiger partial charge >= 0.3 is 0 Å². The summed E-state index contributed by atoms with van der Waals surface area (Å²) in [5, 5.41) is 21.9. The summed E-state index contributed by atoms with van der Waals surface area (Å²) in [5.41, 5.74) is 19.2. The molecule has 0 fully saturated rings. The summed E-state index contributed by atoms with van der Waals surface area (Å²) in [6.07, 6.45) is 4.14. The standard InChI is InChI=1S/C68H50N4/c1-5-63-66(72(60-35-29-49(46-70)30-36-60)62-43-57(52-23-15-9-16-24-52)40-58(44-62)53-25-17-10-18-26-53)38-32-54-31-37-64(67(47(3)4)68(54)63)65(6-2)71(59-33-27-48(45-69)28-34-59)61-41-55(50-19-11-7-12-20-50)39-56(42-61)51-21-13-8-14-22-51/h5-44H,1,3H2,2,4H3/b65-6+. The van der Waals surface area contributed by atoms with Crippen LogP contribution in [0.5, 0.6) is 0 Å². The molecule has 0 heterocycles. The Morgan fingerprint density at radius 1 is 0.458 bits per heavy atom. The van der Waals surface area contributed by atoms with E-state index >= 15 is 0 Å². The summed E-state index contributed by atoms with van der Waals surface area (Å²) in [7, 11) is 0. The predicted octanol–water partition coefficient (Wildman–Crippen LogP) is 18.6. The molecule has 0 atom stereocenters. The number of anilines is 5. The Morgan fingerprint density at radius 3 is 1.28 bits per heavy atom. The molecule has 0 saturated heterocycles. The molecule has 10 aromatic carbocycles. The number of benzene rings is 10. The van der Waals surface area contributed by atoms with E-state index in [0.29, 0.717) is 11.1 Å². The lowest BCUT2D eigenvalue weighted by Crippen LogP contribution is -2.17. The average molecular weight is 923 g/mol. The maximum Gasteiger partial charge on any atom is 0.0991 e. The van der Waals surface area contributed by atoms with Gasteiger partial charge < -0.3 is 9.80 Å². The number of fused-ring (bicyclic) bond motifs is 1. The molecule has 0 saturated carbocycles. The second kappa shape index (κ2) is 20.5. The first kappa shape index (κ1) is 46.0. The van der Waals surface area contributed by atoms with Crippen molar-refractivity contribution in [3.63, 3.8) is 0 Å². The van der Waals surface area contributed by atoms with Gasteiger partial charge in [-0.1, -0.05) is 165 Å². The van der Waals surface area contributed by atoms with E-state index in [-0.39, 0.29) is 0 Å². The first-order chi connectivity index (χ1) is 35.3. The molecule has 0 aliphatic heterocycles. The van der Waals surface area contributed by atoms with Gasteiger partial charge in [0.1, 0.15) is 0 Å². The zero-order valence-electron chi connectivity index (χ0n) is 40.3. The molecule has 4 heteroatoms. The van der Waals surface area contributed by atoms with Gasteiger partial charge in [-0.15, -0.1) is 0 Å². The van der Waals surface area contributed by atoms with Crippen molar-refractivity contribution in [2.45, 2.75) is 13.8 Å². The van der Waals surface area contributed by atoms with Crippen LogP contribution in [0.15, 0.2) is 250 Å². The minimum absolute atomic E-state index is 0.578. The molecule has 72 heavy (non-hydrogen) atoms. The van der Waals surface area contributed by atoms with Crippen LogP contribution in [0, 0.1) is 22.7 Å². The van der Waals surface area contributed by atoms with E-state index in [0.717, 1.165) is 112 Å².